The van der Waals surface area contributed by atoms with E-state index in [4.69, 9.17) is 0 Å². The van der Waals surface area contributed by atoms with Gasteiger partial charge in [0.25, 0.3) is 5.24 Å². The molecule has 1 aromatic carbocycles. The molecule has 0 spiro atoms. The molecule has 1 heterocycles. The largest absolute Gasteiger partial charge is 0.286 e. The Labute approximate surface area is 110 Å². The van der Waals surface area contributed by atoms with Crippen molar-refractivity contribution in [2.24, 2.45) is 0 Å². The molecule has 1 atom stereocenters. The van der Waals surface area contributed by atoms with Crippen molar-refractivity contribution in [3.05, 3.63) is 40.5 Å². The average molecular weight is 259 g/mol. The molecule has 1 N–H and O–H groups in total. The first-order valence-electron chi connectivity index (χ1n) is 5.92. The fourth-order valence-corrected chi connectivity index (χ4v) is 3.29. The number of hydrogen-bond acceptors (Lipinski definition) is 3. The fraction of sp³-hybridized carbons (Fsp3) is 0.286. The second-order valence-electron chi connectivity index (χ2n) is 4.79. The number of fused-ring (bicyclic) bond motifs is 1. The van der Waals surface area contributed by atoms with E-state index in [0.717, 1.165) is 23.7 Å². The van der Waals surface area contributed by atoms with Gasteiger partial charge in [-0.05, 0) is 36.5 Å². The summed E-state index contributed by atoms with van der Waals surface area (Å²) < 4.78 is 0. The predicted molar refractivity (Wildman–Crippen MR) is 72.4 cm³/mol. The van der Waals surface area contributed by atoms with Gasteiger partial charge in [-0.25, -0.2) is 0 Å². The lowest BCUT2D eigenvalue weighted by molar-refractivity contribution is -0.118. The van der Waals surface area contributed by atoms with E-state index in [-0.39, 0.29) is 16.4 Å². The van der Waals surface area contributed by atoms with Crippen LogP contribution in [0.5, 0.6) is 0 Å². The number of carbonyl (C=O) groups is 2. The summed E-state index contributed by atoms with van der Waals surface area (Å²) in [5, 5.41) is 1.81. The first kappa shape index (κ1) is 11.5. The van der Waals surface area contributed by atoms with Crippen LogP contribution in [0, 0.1) is 0 Å². The van der Waals surface area contributed by atoms with Gasteiger partial charge in [-0.1, -0.05) is 41.6 Å². The molecule has 18 heavy (non-hydrogen) atoms. The van der Waals surface area contributed by atoms with Gasteiger partial charge >= 0.3 is 0 Å². The number of benzene rings is 1. The van der Waals surface area contributed by atoms with Crippen LogP contribution < -0.4 is 5.32 Å². The Morgan fingerprint density at radius 1 is 1.39 bits per heavy atom. The van der Waals surface area contributed by atoms with E-state index < -0.39 is 0 Å². The van der Waals surface area contributed by atoms with Crippen molar-refractivity contribution in [3.8, 4) is 0 Å². The number of amides is 2. The number of thioether (sulfide) groups is 1. The summed E-state index contributed by atoms with van der Waals surface area (Å²) in [6.45, 7) is 2.12. The normalized spacial score (nSPS) is 21.8. The average Bonchev–Trinajstić information content (AvgIpc) is 2.80. The maximum absolute atomic E-state index is 11.5. The second-order valence-corrected chi connectivity index (χ2v) is 5.96. The van der Waals surface area contributed by atoms with Gasteiger partial charge in [0, 0.05) is 0 Å². The smallest absolute Gasteiger partial charge is 0.286 e. The maximum atomic E-state index is 11.5. The molecule has 3 nitrogen and oxygen atoms in total. The summed E-state index contributed by atoms with van der Waals surface area (Å²) in [5.74, 6) is -0.169. The Morgan fingerprint density at radius 3 is 2.94 bits per heavy atom. The molecule has 0 aromatic heterocycles. The van der Waals surface area contributed by atoms with Crippen molar-refractivity contribution < 1.29 is 9.59 Å². The van der Waals surface area contributed by atoms with Gasteiger partial charge in [-0.3, -0.25) is 14.9 Å². The predicted octanol–water partition coefficient (Wildman–Crippen LogP) is 2.54. The standard InChI is InChI=1S/C14H13NO2S/c1-8-4-10-3-2-9(6-11(10)5-8)7-12-13(16)15-14(17)18-12/h2-3,5-6,12H,4,7H2,1H3,(H,15,16,17). The molecule has 0 radical (unpaired) electrons. The van der Waals surface area contributed by atoms with Gasteiger partial charge in [-0.15, -0.1) is 0 Å². The highest BCUT2D eigenvalue weighted by molar-refractivity contribution is 8.15. The molecule has 1 saturated heterocycles. The molecular formula is C14H13NO2S. The Morgan fingerprint density at radius 2 is 2.22 bits per heavy atom. The molecule has 1 fully saturated rings. The van der Waals surface area contributed by atoms with Gasteiger partial charge in [0.1, 0.15) is 0 Å². The van der Waals surface area contributed by atoms with Crippen molar-refractivity contribution in [3.63, 3.8) is 0 Å². The van der Waals surface area contributed by atoms with Crippen molar-refractivity contribution in [2.45, 2.75) is 25.0 Å². The lowest BCUT2D eigenvalue weighted by atomic mass is 10.0. The van der Waals surface area contributed by atoms with Gasteiger partial charge < -0.3 is 0 Å². The van der Waals surface area contributed by atoms with Gasteiger partial charge in [0.05, 0.1) is 5.25 Å². The number of allylic oxidation sites excluding steroid dienone is 1. The quantitative estimate of drug-likeness (QED) is 0.887. The zero-order valence-corrected chi connectivity index (χ0v) is 10.8. The molecule has 1 aliphatic carbocycles. The van der Waals surface area contributed by atoms with Gasteiger partial charge in [0.15, 0.2) is 0 Å². The zero-order valence-electron chi connectivity index (χ0n) is 10.0. The third-order valence-electron chi connectivity index (χ3n) is 3.27. The number of carbonyl (C=O) groups excluding carboxylic acids is 2. The van der Waals surface area contributed by atoms with E-state index in [0.29, 0.717) is 6.42 Å². The van der Waals surface area contributed by atoms with Crippen LogP contribution in [-0.2, 0) is 17.6 Å². The van der Waals surface area contributed by atoms with Crippen LogP contribution in [0.25, 0.3) is 6.08 Å². The summed E-state index contributed by atoms with van der Waals surface area (Å²) >= 11 is 1.09. The Kier molecular flexibility index (Phi) is 2.74. The van der Waals surface area contributed by atoms with Crippen LogP contribution in [0.3, 0.4) is 0 Å². The Hall–Kier alpha value is -1.55. The van der Waals surface area contributed by atoms with Crippen LogP contribution >= 0.6 is 11.8 Å². The van der Waals surface area contributed by atoms with E-state index >= 15 is 0 Å². The van der Waals surface area contributed by atoms with Gasteiger partial charge in [0.2, 0.25) is 5.91 Å². The first-order valence-corrected chi connectivity index (χ1v) is 6.80. The van der Waals surface area contributed by atoms with Crippen molar-refractivity contribution in [1.82, 2.24) is 5.32 Å². The van der Waals surface area contributed by atoms with Crippen LogP contribution in [0.2, 0.25) is 0 Å². The number of nitrogens with one attached hydrogen (secondary N) is 1. The summed E-state index contributed by atoms with van der Waals surface area (Å²) in [4.78, 5) is 22.6. The lowest BCUT2D eigenvalue weighted by Gasteiger charge is -2.07. The van der Waals surface area contributed by atoms with E-state index in [2.05, 4.69) is 36.5 Å². The Bertz CT molecular complexity index is 577. The van der Waals surface area contributed by atoms with Crippen molar-refractivity contribution >= 4 is 29.0 Å². The molecule has 1 unspecified atom stereocenters. The molecule has 2 amide bonds. The van der Waals surface area contributed by atoms with Crippen molar-refractivity contribution in [2.75, 3.05) is 0 Å². The zero-order chi connectivity index (χ0) is 12.7. The SMILES string of the molecule is CC1=Cc2cc(CC3SC(=O)NC3=O)ccc2C1. The highest BCUT2D eigenvalue weighted by Crippen LogP contribution is 2.28. The second kappa shape index (κ2) is 4.28. The molecule has 92 valence electrons. The molecule has 1 aliphatic heterocycles. The number of imide groups is 1. The monoisotopic (exact) mass is 259 g/mol. The molecule has 0 saturated carbocycles. The minimum atomic E-state index is -0.276. The third-order valence-corrected chi connectivity index (χ3v) is 4.25. The molecular weight excluding hydrogens is 246 g/mol. The summed E-state index contributed by atoms with van der Waals surface area (Å²) in [6, 6.07) is 6.31. The van der Waals surface area contributed by atoms with Crippen LogP contribution in [0.15, 0.2) is 23.8 Å². The number of hydrogen-bond donors (Lipinski definition) is 1. The van der Waals surface area contributed by atoms with Gasteiger partial charge in [-0.2, -0.15) is 0 Å². The first-order chi connectivity index (χ1) is 8.61. The third kappa shape index (κ3) is 2.08. The van der Waals surface area contributed by atoms with Crippen molar-refractivity contribution in [1.29, 1.82) is 0 Å². The topological polar surface area (TPSA) is 46.2 Å². The number of rotatable bonds is 2. The minimum Gasteiger partial charge on any atom is -0.286 e. The molecule has 2 aliphatic rings. The molecule has 1 aromatic rings. The highest BCUT2D eigenvalue weighted by atomic mass is 32.2. The lowest BCUT2D eigenvalue weighted by Crippen LogP contribution is -2.25. The fourth-order valence-electron chi connectivity index (χ4n) is 2.43. The minimum absolute atomic E-state index is 0.169. The van der Waals surface area contributed by atoms with E-state index in [9.17, 15) is 9.59 Å². The highest BCUT2D eigenvalue weighted by Gasteiger charge is 2.31. The molecule has 0 bridgehead atoms. The van der Waals surface area contributed by atoms with Crippen LogP contribution in [0.1, 0.15) is 23.6 Å². The maximum Gasteiger partial charge on any atom is 0.286 e. The van der Waals surface area contributed by atoms with Crippen LogP contribution in [0.4, 0.5) is 4.79 Å². The Balaban J connectivity index is 1.80. The van der Waals surface area contributed by atoms with E-state index in [1.807, 2.05) is 0 Å². The van der Waals surface area contributed by atoms with E-state index in [1.54, 1.807) is 0 Å². The summed E-state index contributed by atoms with van der Waals surface area (Å²) in [5.41, 5.74) is 5.07. The summed E-state index contributed by atoms with van der Waals surface area (Å²) in [7, 11) is 0. The molecule has 4 heteroatoms. The summed E-state index contributed by atoms with van der Waals surface area (Å²) in [6.07, 6.45) is 3.82. The van der Waals surface area contributed by atoms with E-state index in [1.165, 1.54) is 16.7 Å². The molecule has 3 rings (SSSR count). The van der Waals surface area contributed by atoms with Crippen LogP contribution in [-0.4, -0.2) is 16.4 Å².